The first-order chi connectivity index (χ1) is 5.52. The van der Waals surface area contributed by atoms with E-state index in [0.717, 1.165) is 12.1 Å². The topological polar surface area (TPSA) is 63.4 Å². The standard InChI is InChI=1S/C6H3ClFNO3/c7-3-1-4(8)6(9(11)12)5(10)2-3/h1-2,10H. The summed E-state index contributed by atoms with van der Waals surface area (Å²) in [6.45, 7) is 0. The van der Waals surface area contributed by atoms with Crippen LogP contribution in [0.2, 0.25) is 5.02 Å². The van der Waals surface area contributed by atoms with Gasteiger partial charge in [-0.3, -0.25) is 10.1 Å². The quantitative estimate of drug-likeness (QED) is 0.546. The van der Waals surface area contributed by atoms with E-state index in [9.17, 15) is 14.5 Å². The third-order valence-electron chi connectivity index (χ3n) is 1.19. The van der Waals surface area contributed by atoms with Gasteiger partial charge in [-0.25, -0.2) is 0 Å². The monoisotopic (exact) mass is 191 g/mol. The van der Waals surface area contributed by atoms with Crippen molar-refractivity contribution < 1.29 is 14.4 Å². The molecule has 4 nitrogen and oxygen atoms in total. The minimum atomic E-state index is -1.15. The third-order valence-corrected chi connectivity index (χ3v) is 1.41. The largest absolute Gasteiger partial charge is 0.502 e. The molecular weight excluding hydrogens is 189 g/mol. The third kappa shape index (κ3) is 1.45. The highest BCUT2D eigenvalue weighted by molar-refractivity contribution is 6.30. The van der Waals surface area contributed by atoms with Crippen molar-refractivity contribution in [3.05, 3.63) is 33.1 Å². The lowest BCUT2D eigenvalue weighted by molar-refractivity contribution is -0.388. The Bertz CT molecular complexity index is 319. The minimum absolute atomic E-state index is 0.0874. The molecule has 0 unspecified atom stereocenters. The van der Waals surface area contributed by atoms with Crippen molar-refractivity contribution in [1.29, 1.82) is 0 Å². The van der Waals surface area contributed by atoms with Gasteiger partial charge in [0.2, 0.25) is 5.82 Å². The lowest BCUT2D eigenvalue weighted by atomic mass is 10.3. The maximum atomic E-state index is 12.7. The fourth-order valence-corrected chi connectivity index (χ4v) is 0.932. The normalized spacial score (nSPS) is 9.83. The van der Waals surface area contributed by atoms with Crippen LogP contribution in [0.15, 0.2) is 12.1 Å². The summed E-state index contributed by atoms with van der Waals surface area (Å²) < 4.78 is 12.7. The second kappa shape index (κ2) is 2.94. The van der Waals surface area contributed by atoms with Crippen LogP contribution in [0.25, 0.3) is 0 Å². The van der Waals surface area contributed by atoms with E-state index in [1.165, 1.54) is 0 Å². The van der Waals surface area contributed by atoms with E-state index in [-0.39, 0.29) is 5.02 Å². The molecule has 12 heavy (non-hydrogen) atoms. The van der Waals surface area contributed by atoms with Crippen LogP contribution in [-0.4, -0.2) is 10.0 Å². The van der Waals surface area contributed by atoms with Crippen molar-refractivity contribution in [2.24, 2.45) is 0 Å². The molecule has 0 aliphatic heterocycles. The van der Waals surface area contributed by atoms with Gasteiger partial charge in [-0.05, 0) is 6.07 Å². The zero-order chi connectivity index (χ0) is 9.30. The van der Waals surface area contributed by atoms with Crippen molar-refractivity contribution in [2.45, 2.75) is 0 Å². The van der Waals surface area contributed by atoms with Crippen LogP contribution in [0, 0.1) is 15.9 Å². The Morgan fingerprint density at radius 1 is 1.58 bits per heavy atom. The summed E-state index contributed by atoms with van der Waals surface area (Å²) in [6, 6.07) is 1.67. The number of halogens is 2. The maximum Gasteiger partial charge on any atom is 0.346 e. The molecule has 64 valence electrons. The van der Waals surface area contributed by atoms with Gasteiger partial charge in [0.15, 0.2) is 5.75 Å². The molecule has 0 spiro atoms. The molecule has 0 heterocycles. The van der Waals surface area contributed by atoms with Gasteiger partial charge in [0.05, 0.1) is 4.92 Å². The number of hydrogen-bond donors (Lipinski definition) is 1. The van der Waals surface area contributed by atoms with E-state index < -0.39 is 22.2 Å². The van der Waals surface area contributed by atoms with E-state index in [1.54, 1.807) is 0 Å². The Kier molecular flexibility index (Phi) is 2.14. The van der Waals surface area contributed by atoms with Crippen molar-refractivity contribution in [2.75, 3.05) is 0 Å². The molecule has 1 rings (SSSR count). The molecular formula is C6H3ClFNO3. The summed E-state index contributed by atoms with van der Waals surface area (Å²) >= 11 is 5.30. The highest BCUT2D eigenvalue weighted by atomic mass is 35.5. The van der Waals surface area contributed by atoms with E-state index in [1.807, 2.05) is 0 Å². The van der Waals surface area contributed by atoms with Gasteiger partial charge in [-0.2, -0.15) is 4.39 Å². The average molecular weight is 192 g/mol. The van der Waals surface area contributed by atoms with Crippen molar-refractivity contribution in [3.8, 4) is 5.75 Å². The Morgan fingerprint density at radius 3 is 2.58 bits per heavy atom. The summed E-state index contributed by atoms with van der Waals surface area (Å²) in [7, 11) is 0. The molecule has 0 aliphatic rings. The molecule has 0 amide bonds. The molecule has 1 aromatic rings. The summed E-state index contributed by atoms with van der Waals surface area (Å²) in [4.78, 5) is 9.10. The van der Waals surface area contributed by atoms with E-state index in [4.69, 9.17) is 16.7 Å². The molecule has 0 bridgehead atoms. The van der Waals surface area contributed by atoms with Crippen LogP contribution in [0.5, 0.6) is 5.75 Å². The fraction of sp³-hybridized carbons (Fsp3) is 0. The van der Waals surface area contributed by atoms with E-state index >= 15 is 0 Å². The van der Waals surface area contributed by atoms with Crippen molar-refractivity contribution in [3.63, 3.8) is 0 Å². The van der Waals surface area contributed by atoms with Crippen molar-refractivity contribution in [1.82, 2.24) is 0 Å². The molecule has 0 fully saturated rings. The summed E-state index contributed by atoms with van der Waals surface area (Å²) in [5.41, 5.74) is -0.959. The lowest BCUT2D eigenvalue weighted by Gasteiger charge is -1.97. The van der Waals surface area contributed by atoms with Gasteiger partial charge < -0.3 is 5.11 Å². The summed E-state index contributed by atoms with van der Waals surface area (Å²) in [5.74, 6) is -1.92. The highest BCUT2D eigenvalue weighted by Gasteiger charge is 2.20. The van der Waals surface area contributed by atoms with Crippen LogP contribution in [0.3, 0.4) is 0 Å². The summed E-state index contributed by atoms with van der Waals surface area (Å²) in [6.07, 6.45) is 0. The molecule has 6 heteroatoms. The predicted octanol–water partition coefficient (Wildman–Crippen LogP) is 2.09. The maximum absolute atomic E-state index is 12.7. The van der Waals surface area contributed by atoms with Gasteiger partial charge in [0, 0.05) is 11.1 Å². The highest BCUT2D eigenvalue weighted by Crippen LogP contribution is 2.31. The molecule has 0 aliphatic carbocycles. The number of benzene rings is 1. The average Bonchev–Trinajstić information content (AvgIpc) is 1.82. The Morgan fingerprint density at radius 2 is 2.17 bits per heavy atom. The second-order valence-corrected chi connectivity index (χ2v) is 2.45. The van der Waals surface area contributed by atoms with Crippen LogP contribution >= 0.6 is 11.6 Å². The van der Waals surface area contributed by atoms with Crippen LogP contribution in [-0.2, 0) is 0 Å². The van der Waals surface area contributed by atoms with E-state index in [0.29, 0.717) is 0 Å². The number of nitro groups is 1. The van der Waals surface area contributed by atoms with Crippen molar-refractivity contribution >= 4 is 17.3 Å². The van der Waals surface area contributed by atoms with Gasteiger partial charge >= 0.3 is 5.69 Å². The Hall–Kier alpha value is -1.36. The van der Waals surface area contributed by atoms with Crippen LogP contribution in [0.1, 0.15) is 0 Å². The van der Waals surface area contributed by atoms with E-state index in [2.05, 4.69) is 0 Å². The molecule has 0 saturated heterocycles. The smallest absolute Gasteiger partial charge is 0.346 e. The first kappa shape index (κ1) is 8.73. The van der Waals surface area contributed by atoms with Gasteiger partial charge in [-0.15, -0.1) is 0 Å². The number of rotatable bonds is 1. The molecule has 0 atom stereocenters. The molecule has 0 radical (unpaired) electrons. The molecule has 0 saturated carbocycles. The number of nitrogens with zero attached hydrogens (tertiary/aromatic N) is 1. The van der Waals surface area contributed by atoms with Gasteiger partial charge in [0.25, 0.3) is 0 Å². The number of phenolic OH excluding ortho intramolecular Hbond substituents is 1. The van der Waals surface area contributed by atoms with Gasteiger partial charge in [0.1, 0.15) is 0 Å². The van der Waals surface area contributed by atoms with Crippen LogP contribution in [0.4, 0.5) is 10.1 Å². The Balaban J connectivity index is 3.38. The molecule has 1 aromatic carbocycles. The summed E-state index contributed by atoms with van der Waals surface area (Å²) in [5, 5.41) is 18.9. The zero-order valence-corrected chi connectivity index (χ0v) is 6.38. The predicted molar refractivity (Wildman–Crippen MR) is 39.7 cm³/mol. The zero-order valence-electron chi connectivity index (χ0n) is 5.62. The number of nitro benzene ring substituents is 1. The Labute approximate surface area is 71.3 Å². The fourth-order valence-electron chi connectivity index (χ4n) is 0.733. The second-order valence-electron chi connectivity index (χ2n) is 2.01. The molecule has 1 N–H and O–H groups in total. The first-order valence-corrected chi connectivity index (χ1v) is 3.22. The minimum Gasteiger partial charge on any atom is -0.502 e. The van der Waals surface area contributed by atoms with Gasteiger partial charge in [-0.1, -0.05) is 11.6 Å². The number of hydrogen-bond acceptors (Lipinski definition) is 3. The first-order valence-electron chi connectivity index (χ1n) is 2.85. The molecule has 0 aromatic heterocycles. The number of aromatic hydroxyl groups is 1. The van der Waals surface area contributed by atoms with Crippen LogP contribution < -0.4 is 0 Å². The number of phenols is 1. The lowest BCUT2D eigenvalue weighted by Crippen LogP contribution is -1.92. The SMILES string of the molecule is O=[N+]([O-])c1c(O)cc(Cl)cc1F.